The standard InChI is InChI=1S/C12H16ClNO2/c1-16-10-2-3-11(13)12(6-10)14-5-4-9(7-14)8-15/h2-3,6,9,15H,4-5,7-8H2,1H3. The molecule has 1 atom stereocenters. The summed E-state index contributed by atoms with van der Waals surface area (Å²) in [5, 5.41) is 9.85. The van der Waals surface area contributed by atoms with E-state index in [1.807, 2.05) is 18.2 Å². The van der Waals surface area contributed by atoms with Gasteiger partial charge in [-0.1, -0.05) is 11.6 Å². The second kappa shape index (κ2) is 4.93. The molecule has 1 saturated heterocycles. The van der Waals surface area contributed by atoms with Crippen molar-refractivity contribution < 1.29 is 9.84 Å². The first kappa shape index (κ1) is 11.6. The Morgan fingerprint density at radius 1 is 1.56 bits per heavy atom. The monoisotopic (exact) mass is 241 g/mol. The molecule has 1 aliphatic heterocycles. The summed E-state index contributed by atoms with van der Waals surface area (Å²) in [6, 6.07) is 5.65. The summed E-state index contributed by atoms with van der Waals surface area (Å²) in [5.41, 5.74) is 0.997. The number of anilines is 1. The Morgan fingerprint density at radius 3 is 3.00 bits per heavy atom. The predicted octanol–water partition coefficient (Wildman–Crippen LogP) is 2.17. The van der Waals surface area contributed by atoms with Gasteiger partial charge in [-0.25, -0.2) is 0 Å². The average Bonchev–Trinajstić information content (AvgIpc) is 2.78. The van der Waals surface area contributed by atoms with E-state index in [-0.39, 0.29) is 6.61 Å². The minimum atomic E-state index is 0.248. The summed E-state index contributed by atoms with van der Waals surface area (Å²) in [6.07, 6.45) is 1.02. The number of rotatable bonds is 3. The van der Waals surface area contributed by atoms with Crippen molar-refractivity contribution in [1.82, 2.24) is 0 Å². The van der Waals surface area contributed by atoms with Crippen LogP contribution in [0.3, 0.4) is 0 Å². The molecule has 88 valence electrons. The Kier molecular flexibility index (Phi) is 3.56. The quantitative estimate of drug-likeness (QED) is 0.881. The number of ether oxygens (including phenoxy) is 1. The van der Waals surface area contributed by atoms with Gasteiger partial charge in [-0.3, -0.25) is 0 Å². The fourth-order valence-corrected chi connectivity index (χ4v) is 2.30. The molecule has 0 spiro atoms. The van der Waals surface area contributed by atoms with Crippen molar-refractivity contribution in [3.8, 4) is 5.75 Å². The van der Waals surface area contributed by atoms with Crippen molar-refractivity contribution in [2.24, 2.45) is 5.92 Å². The lowest BCUT2D eigenvalue weighted by atomic mass is 10.1. The van der Waals surface area contributed by atoms with E-state index >= 15 is 0 Å². The van der Waals surface area contributed by atoms with Gasteiger partial charge in [-0.15, -0.1) is 0 Å². The number of aliphatic hydroxyl groups is 1. The SMILES string of the molecule is COc1ccc(Cl)c(N2CCC(CO)C2)c1. The number of hydrogen-bond donors (Lipinski definition) is 1. The molecule has 1 fully saturated rings. The summed E-state index contributed by atoms with van der Waals surface area (Å²) in [5.74, 6) is 1.18. The molecular weight excluding hydrogens is 226 g/mol. The molecule has 1 aromatic carbocycles. The van der Waals surface area contributed by atoms with Crippen LogP contribution in [0.2, 0.25) is 5.02 Å². The van der Waals surface area contributed by atoms with Crippen LogP contribution in [0.25, 0.3) is 0 Å². The van der Waals surface area contributed by atoms with E-state index in [1.54, 1.807) is 7.11 Å². The van der Waals surface area contributed by atoms with Crippen LogP contribution < -0.4 is 9.64 Å². The van der Waals surface area contributed by atoms with E-state index in [9.17, 15) is 0 Å². The first-order chi connectivity index (χ1) is 7.74. The Morgan fingerprint density at radius 2 is 2.38 bits per heavy atom. The smallest absolute Gasteiger partial charge is 0.121 e. The Balaban J connectivity index is 2.20. The highest BCUT2D eigenvalue weighted by Crippen LogP contribution is 2.33. The van der Waals surface area contributed by atoms with E-state index in [0.29, 0.717) is 5.92 Å². The van der Waals surface area contributed by atoms with Crippen molar-refractivity contribution in [1.29, 1.82) is 0 Å². The van der Waals surface area contributed by atoms with Crippen LogP contribution in [0.4, 0.5) is 5.69 Å². The van der Waals surface area contributed by atoms with E-state index < -0.39 is 0 Å². The minimum Gasteiger partial charge on any atom is -0.497 e. The lowest BCUT2D eigenvalue weighted by Crippen LogP contribution is -2.20. The van der Waals surface area contributed by atoms with Gasteiger partial charge in [0.1, 0.15) is 5.75 Å². The molecule has 1 unspecified atom stereocenters. The highest BCUT2D eigenvalue weighted by atomic mass is 35.5. The molecule has 0 amide bonds. The van der Waals surface area contributed by atoms with Gasteiger partial charge in [0.15, 0.2) is 0 Å². The lowest BCUT2D eigenvalue weighted by Gasteiger charge is -2.20. The van der Waals surface area contributed by atoms with Crippen LogP contribution in [0.15, 0.2) is 18.2 Å². The lowest BCUT2D eigenvalue weighted by molar-refractivity contribution is 0.238. The van der Waals surface area contributed by atoms with E-state index in [1.165, 1.54) is 0 Å². The summed E-state index contributed by atoms with van der Waals surface area (Å²) < 4.78 is 5.19. The molecule has 4 heteroatoms. The average molecular weight is 242 g/mol. The largest absolute Gasteiger partial charge is 0.497 e. The molecule has 0 radical (unpaired) electrons. The number of methoxy groups -OCH3 is 1. The van der Waals surface area contributed by atoms with Crippen LogP contribution >= 0.6 is 11.6 Å². The zero-order chi connectivity index (χ0) is 11.5. The molecule has 2 rings (SSSR count). The third-order valence-electron chi connectivity index (χ3n) is 3.04. The molecule has 1 aliphatic rings. The van der Waals surface area contributed by atoms with Crippen LogP contribution in [0.1, 0.15) is 6.42 Å². The molecule has 16 heavy (non-hydrogen) atoms. The molecule has 1 heterocycles. The zero-order valence-electron chi connectivity index (χ0n) is 9.32. The third kappa shape index (κ3) is 2.25. The van der Waals surface area contributed by atoms with Crippen molar-refractivity contribution in [3.05, 3.63) is 23.2 Å². The molecule has 0 bridgehead atoms. The number of nitrogens with zero attached hydrogens (tertiary/aromatic N) is 1. The van der Waals surface area contributed by atoms with Gasteiger partial charge in [0, 0.05) is 31.7 Å². The highest BCUT2D eigenvalue weighted by Gasteiger charge is 2.23. The maximum atomic E-state index is 9.12. The predicted molar refractivity (Wildman–Crippen MR) is 65.4 cm³/mol. The van der Waals surface area contributed by atoms with E-state index in [4.69, 9.17) is 21.4 Å². The Bertz CT molecular complexity index is 370. The van der Waals surface area contributed by atoms with Crippen LogP contribution in [-0.2, 0) is 0 Å². The second-order valence-corrected chi connectivity index (χ2v) is 4.51. The molecule has 1 aromatic rings. The Hall–Kier alpha value is -0.930. The summed E-state index contributed by atoms with van der Waals surface area (Å²) in [7, 11) is 1.65. The summed E-state index contributed by atoms with van der Waals surface area (Å²) in [4.78, 5) is 2.20. The molecule has 1 N–H and O–H groups in total. The molecule has 3 nitrogen and oxygen atoms in total. The van der Waals surface area contributed by atoms with Gasteiger partial charge in [0.25, 0.3) is 0 Å². The number of benzene rings is 1. The first-order valence-electron chi connectivity index (χ1n) is 5.44. The highest BCUT2D eigenvalue weighted by molar-refractivity contribution is 6.33. The van der Waals surface area contributed by atoms with Gasteiger partial charge >= 0.3 is 0 Å². The molecule has 0 aromatic heterocycles. The van der Waals surface area contributed by atoms with Crippen molar-refractivity contribution in [2.75, 3.05) is 31.7 Å². The number of hydrogen-bond acceptors (Lipinski definition) is 3. The van der Waals surface area contributed by atoms with Crippen molar-refractivity contribution >= 4 is 17.3 Å². The number of halogens is 1. The number of aliphatic hydroxyl groups excluding tert-OH is 1. The summed E-state index contributed by atoms with van der Waals surface area (Å²) >= 11 is 6.16. The van der Waals surface area contributed by atoms with Gasteiger partial charge in [0.2, 0.25) is 0 Å². The van der Waals surface area contributed by atoms with Gasteiger partial charge in [0.05, 0.1) is 17.8 Å². The zero-order valence-corrected chi connectivity index (χ0v) is 10.1. The first-order valence-corrected chi connectivity index (χ1v) is 5.81. The third-order valence-corrected chi connectivity index (χ3v) is 3.36. The van der Waals surface area contributed by atoms with Crippen LogP contribution in [0.5, 0.6) is 5.75 Å². The fraction of sp³-hybridized carbons (Fsp3) is 0.500. The van der Waals surface area contributed by atoms with Gasteiger partial charge in [-0.2, -0.15) is 0 Å². The summed E-state index contributed by atoms with van der Waals surface area (Å²) in [6.45, 7) is 2.06. The van der Waals surface area contributed by atoms with Gasteiger partial charge in [-0.05, 0) is 18.6 Å². The van der Waals surface area contributed by atoms with Crippen LogP contribution in [0, 0.1) is 5.92 Å². The van der Waals surface area contributed by atoms with Gasteiger partial charge < -0.3 is 14.7 Å². The normalized spacial score (nSPS) is 20.2. The van der Waals surface area contributed by atoms with Crippen LogP contribution in [-0.4, -0.2) is 31.9 Å². The van der Waals surface area contributed by atoms with Crippen molar-refractivity contribution in [3.63, 3.8) is 0 Å². The molecular formula is C12H16ClNO2. The maximum Gasteiger partial charge on any atom is 0.121 e. The maximum absolute atomic E-state index is 9.12. The molecule has 0 aliphatic carbocycles. The van der Waals surface area contributed by atoms with E-state index in [0.717, 1.165) is 36.0 Å². The minimum absolute atomic E-state index is 0.248. The van der Waals surface area contributed by atoms with Crippen molar-refractivity contribution in [2.45, 2.75) is 6.42 Å². The fourth-order valence-electron chi connectivity index (χ4n) is 2.06. The molecule has 0 saturated carbocycles. The van der Waals surface area contributed by atoms with E-state index in [2.05, 4.69) is 4.90 Å². The Labute approximate surface area is 101 Å². The topological polar surface area (TPSA) is 32.7 Å². The second-order valence-electron chi connectivity index (χ2n) is 4.10.